The lowest BCUT2D eigenvalue weighted by atomic mass is 10.2. The number of carboxylic acid groups (broad SMARTS) is 1. The Morgan fingerprint density at radius 3 is 2.10 bits per heavy atom. The first-order valence-corrected chi connectivity index (χ1v) is 7.38. The van der Waals surface area contributed by atoms with E-state index in [1.54, 1.807) is 13.8 Å². The van der Waals surface area contributed by atoms with Gasteiger partial charge in [0.05, 0.1) is 18.4 Å². The van der Waals surface area contributed by atoms with Crippen LogP contribution in [-0.4, -0.2) is 46.1 Å². The molecule has 0 aliphatic heterocycles. The molecule has 0 fully saturated rings. The summed E-state index contributed by atoms with van der Waals surface area (Å²) in [5.74, 6) is -3.40. The molecular formula is C13H20O7S. The minimum atomic E-state index is -1.59. The number of rotatable bonds is 8. The number of carbonyl (C=O) groups excluding carboxylic acids is 3. The number of aliphatic carboxylic acids is 1. The quantitative estimate of drug-likeness (QED) is 0.666. The Balaban J connectivity index is 4.49. The molecule has 1 N–H and O–H groups in total. The zero-order valence-electron chi connectivity index (χ0n) is 12.5. The van der Waals surface area contributed by atoms with Gasteiger partial charge in [-0.25, -0.2) is 4.79 Å². The Labute approximate surface area is 127 Å². The van der Waals surface area contributed by atoms with Crippen molar-refractivity contribution in [3.8, 4) is 0 Å². The van der Waals surface area contributed by atoms with Crippen molar-refractivity contribution in [2.75, 3.05) is 5.75 Å². The second kappa shape index (κ2) is 9.38. The fourth-order valence-electron chi connectivity index (χ4n) is 1.21. The van der Waals surface area contributed by atoms with Crippen LogP contribution in [0.1, 0.15) is 34.1 Å². The van der Waals surface area contributed by atoms with Crippen LogP contribution in [0.25, 0.3) is 0 Å². The highest BCUT2D eigenvalue weighted by atomic mass is 32.2. The van der Waals surface area contributed by atoms with Crippen molar-refractivity contribution in [2.45, 2.75) is 46.3 Å². The van der Waals surface area contributed by atoms with Gasteiger partial charge < -0.3 is 14.6 Å². The molecule has 120 valence electrons. The molecule has 0 heterocycles. The summed E-state index contributed by atoms with van der Waals surface area (Å²) in [6.07, 6.45) is -2.52. The van der Waals surface area contributed by atoms with Gasteiger partial charge in [0.2, 0.25) is 6.10 Å². The molecule has 2 atom stereocenters. The van der Waals surface area contributed by atoms with Crippen LogP contribution >= 0.6 is 11.8 Å². The van der Waals surface area contributed by atoms with Crippen LogP contribution in [0.3, 0.4) is 0 Å². The van der Waals surface area contributed by atoms with Crippen molar-refractivity contribution >= 4 is 34.8 Å². The third-order valence-electron chi connectivity index (χ3n) is 2.19. The van der Waals surface area contributed by atoms with Crippen LogP contribution in [0.2, 0.25) is 0 Å². The van der Waals surface area contributed by atoms with E-state index in [1.807, 2.05) is 0 Å². The zero-order valence-corrected chi connectivity index (χ0v) is 13.3. The lowest BCUT2D eigenvalue weighted by molar-refractivity contribution is -0.171. The number of esters is 2. The maximum Gasteiger partial charge on any atom is 0.345 e. The molecule has 0 unspecified atom stereocenters. The van der Waals surface area contributed by atoms with E-state index in [1.165, 1.54) is 13.8 Å². The predicted octanol–water partition coefficient (Wildman–Crippen LogP) is 1.24. The second-order valence-electron chi connectivity index (χ2n) is 4.71. The predicted molar refractivity (Wildman–Crippen MR) is 75.7 cm³/mol. The fraction of sp³-hybridized carbons (Fsp3) is 0.692. The van der Waals surface area contributed by atoms with Gasteiger partial charge >= 0.3 is 17.9 Å². The summed E-state index contributed by atoms with van der Waals surface area (Å²) in [7, 11) is 0. The topological polar surface area (TPSA) is 107 Å². The summed E-state index contributed by atoms with van der Waals surface area (Å²) in [5.41, 5.74) is 0. The van der Waals surface area contributed by atoms with Gasteiger partial charge in [0.25, 0.3) is 0 Å². The van der Waals surface area contributed by atoms with E-state index in [-0.39, 0.29) is 17.0 Å². The average molecular weight is 320 g/mol. The first kappa shape index (κ1) is 19.4. The lowest BCUT2D eigenvalue weighted by Gasteiger charge is -2.17. The molecule has 0 aliphatic carbocycles. The Morgan fingerprint density at radius 1 is 1.10 bits per heavy atom. The number of hydrogen-bond donors (Lipinski definition) is 1. The highest BCUT2D eigenvalue weighted by Crippen LogP contribution is 2.13. The van der Waals surface area contributed by atoms with E-state index < -0.39 is 36.4 Å². The summed E-state index contributed by atoms with van der Waals surface area (Å²) in [6, 6.07) is 0. The van der Waals surface area contributed by atoms with Crippen LogP contribution in [0.15, 0.2) is 0 Å². The van der Waals surface area contributed by atoms with E-state index in [0.717, 1.165) is 11.8 Å². The highest BCUT2D eigenvalue weighted by Gasteiger charge is 2.28. The van der Waals surface area contributed by atoms with Crippen molar-refractivity contribution in [3.63, 3.8) is 0 Å². The van der Waals surface area contributed by atoms with E-state index in [9.17, 15) is 19.2 Å². The molecule has 0 rings (SSSR count). The molecular weight excluding hydrogens is 300 g/mol. The smallest absolute Gasteiger partial charge is 0.345 e. The SMILES string of the molecule is CC(=O)SC[C@@H](C)C(=O)O[C@@H](CC(=O)OC(C)C)C(=O)O. The van der Waals surface area contributed by atoms with Crippen molar-refractivity contribution in [1.82, 2.24) is 0 Å². The number of carbonyl (C=O) groups is 4. The summed E-state index contributed by atoms with van der Waals surface area (Å²) in [5, 5.41) is 8.81. The minimum absolute atomic E-state index is 0.148. The first-order valence-electron chi connectivity index (χ1n) is 6.39. The molecule has 0 aromatic heterocycles. The van der Waals surface area contributed by atoms with Gasteiger partial charge in [0.1, 0.15) is 0 Å². The Kier molecular flexibility index (Phi) is 8.68. The fourth-order valence-corrected chi connectivity index (χ4v) is 1.83. The summed E-state index contributed by atoms with van der Waals surface area (Å²) in [4.78, 5) is 44.9. The third-order valence-corrected chi connectivity index (χ3v) is 3.27. The lowest BCUT2D eigenvalue weighted by Crippen LogP contribution is -2.33. The molecule has 0 radical (unpaired) electrons. The maximum atomic E-state index is 11.7. The van der Waals surface area contributed by atoms with Gasteiger partial charge in [-0.1, -0.05) is 18.7 Å². The first-order chi connectivity index (χ1) is 9.63. The van der Waals surface area contributed by atoms with Gasteiger partial charge in [0, 0.05) is 12.7 Å². The average Bonchev–Trinajstić information content (AvgIpc) is 2.33. The van der Waals surface area contributed by atoms with Gasteiger partial charge in [-0.05, 0) is 13.8 Å². The van der Waals surface area contributed by atoms with Crippen LogP contribution in [0, 0.1) is 5.92 Å². The molecule has 0 bridgehead atoms. The van der Waals surface area contributed by atoms with Crippen LogP contribution in [0.5, 0.6) is 0 Å². The standard InChI is InChI=1S/C13H20O7S/c1-7(2)19-11(15)5-10(12(16)17)20-13(18)8(3)6-21-9(4)14/h7-8,10H,5-6H2,1-4H3,(H,16,17)/t8-,10+/m1/s1. The minimum Gasteiger partial charge on any atom is -0.478 e. The second-order valence-corrected chi connectivity index (χ2v) is 5.91. The number of hydrogen-bond acceptors (Lipinski definition) is 7. The van der Waals surface area contributed by atoms with E-state index in [2.05, 4.69) is 0 Å². The molecule has 0 aliphatic rings. The normalized spacial score (nSPS) is 13.4. The Bertz CT molecular complexity index is 405. The molecule has 0 aromatic rings. The summed E-state index contributed by atoms with van der Waals surface area (Å²) in [6.45, 7) is 6.13. The van der Waals surface area contributed by atoms with Crippen molar-refractivity contribution < 1.29 is 33.8 Å². The molecule has 0 saturated carbocycles. The van der Waals surface area contributed by atoms with Crippen molar-refractivity contribution in [1.29, 1.82) is 0 Å². The zero-order chi connectivity index (χ0) is 16.6. The van der Waals surface area contributed by atoms with Gasteiger partial charge in [-0.2, -0.15) is 0 Å². The van der Waals surface area contributed by atoms with Crippen molar-refractivity contribution in [2.24, 2.45) is 5.92 Å². The number of ether oxygens (including phenoxy) is 2. The molecule has 0 amide bonds. The number of carboxylic acids is 1. The molecule has 0 saturated heterocycles. The van der Waals surface area contributed by atoms with Crippen LogP contribution < -0.4 is 0 Å². The van der Waals surface area contributed by atoms with Gasteiger partial charge in [0.15, 0.2) is 5.12 Å². The molecule has 0 spiro atoms. The number of thioether (sulfide) groups is 1. The molecule has 0 aromatic carbocycles. The Morgan fingerprint density at radius 2 is 1.67 bits per heavy atom. The van der Waals surface area contributed by atoms with E-state index in [0.29, 0.717) is 0 Å². The third kappa shape index (κ3) is 9.06. The molecule has 21 heavy (non-hydrogen) atoms. The Hall–Kier alpha value is -1.57. The maximum absolute atomic E-state index is 11.7. The van der Waals surface area contributed by atoms with E-state index in [4.69, 9.17) is 14.6 Å². The monoisotopic (exact) mass is 320 g/mol. The molecule has 7 nitrogen and oxygen atoms in total. The highest BCUT2D eigenvalue weighted by molar-refractivity contribution is 8.13. The van der Waals surface area contributed by atoms with E-state index >= 15 is 0 Å². The van der Waals surface area contributed by atoms with Crippen LogP contribution in [0.4, 0.5) is 0 Å². The largest absolute Gasteiger partial charge is 0.478 e. The van der Waals surface area contributed by atoms with Gasteiger partial charge in [-0.3, -0.25) is 14.4 Å². The molecule has 8 heteroatoms. The summed E-state index contributed by atoms with van der Waals surface area (Å²) >= 11 is 0.947. The summed E-state index contributed by atoms with van der Waals surface area (Å²) < 4.78 is 9.60. The van der Waals surface area contributed by atoms with Crippen LogP contribution in [-0.2, 0) is 28.7 Å². The van der Waals surface area contributed by atoms with Gasteiger partial charge in [-0.15, -0.1) is 0 Å². The van der Waals surface area contributed by atoms with Crippen molar-refractivity contribution in [3.05, 3.63) is 0 Å².